The van der Waals surface area contributed by atoms with Gasteiger partial charge >= 0.3 is 6.09 Å². The van der Waals surface area contributed by atoms with E-state index >= 15 is 0 Å². The van der Waals surface area contributed by atoms with Crippen LogP contribution in [0, 0.1) is 0 Å². The van der Waals surface area contributed by atoms with Crippen LogP contribution in [0.25, 0.3) is 0 Å². The molecule has 0 aromatic heterocycles. The van der Waals surface area contributed by atoms with Gasteiger partial charge in [-0.2, -0.15) is 12.6 Å². The number of thiol groups is 1. The lowest BCUT2D eigenvalue weighted by molar-refractivity contribution is 0.0535. The number of carbonyl (C=O) groups excluding carboxylic acids is 1. The molecule has 0 bridgehead atoms. The molecule has 0 aromatic carbocycles. The van der Waals surface area contributed by atoms with Gasteiger partial charge in [0.2, 0.25) is 0 Å². The van der Waals surface area contributed by atoms with Gasteiger partial charge in [0, 0.05) is 12.3 Å². The zero-order chi connectivity index (χ0) is 13.8. The summed E-state index contributed by atoms with van der Waals surface area (Å²) in [5, 5.41) is 2.66. The van der Waals surface area contributed by atoms with E-state index in [1.807, 2.05) is 25.7 Å². The molecule has 102 valence electrons. The summed E-state index contributed by atoms with van der Waals surface area (Å²) in [5.41, 5.74) is -0.492. The third kappa shape index (κ3) is 4.86. The van der Waals surface area contributed by atoms with Gasteiger partial charge in [0.05, 0.1) is 17.6 Å². The first-order valence-corrected chi connectivity index (χ1v) is 6.91. The molecule has 0 aromatic rings. The summed E-state index contributed by atoms with van der Waals surface area (Å²) in [6.45, 7) is 6.57. The van der Waals surface area contributed by atoms with Crippen LogP contribution >= 0.6 is 24.8 Å². The molecule has 18 heavy (non-hydrogen) atoms. The number of thiocarbonyl (C=S) groups is 1. The van der Waals surface area contributed by atoms with Crippen molar-refractivity contribution in [1.29, 1.82) is 0 Å². The van der Waals surface area contributed by atoms with Crippen LogP contribution in [0.15, 0.2) is 12.2 Å². The molecule has 1 unspecified atom stereocenters. The highest BCUT2D eigenvalue weighted by molar-refractivity contribution is 7.80. The minimum atomic E-state index is -0.492. The van der Waals surface area contributed by atoms with Crippen molar-refractivity contribution in [2.24, 2.45) is 0 Å². The van der Waals surface area contributed by atoms with E-state index in [2.05, 4.69) is 30.1 Å². The van der Waals surface area contributed by atoms with Crippen LogP contribution in [0.1, 0.15) is 20.8 Å². The molecule has 1 aliphatic heterocycles. The van der Waals surface area contributed by atoms with Crippen molar-refractivity contribution in [3.05, 3.63) is 12.2 Å². The number of carbonyl (C=O) groups is 1. The zero-order valence-electron chi connectivity index (χ0n) is 11.0. The Bertz CT molecular complexity index is 350. The molecule has 1 amide bonds. The minimum Gasteiger partial charge on any atom is -0.444 e. The van der Waals surface area contributed by atoms with Crippen molar-refractivity contribution < 1.29 is 9.53 Å². The van der Waals surface area contributed by atoms with Crippen molar-refractivity contribution in [3.63, 3.8) is 0 Å². The van der Waals surface area contributed by atoms with E-state index in [9.17, 15) is 4.79 Å². The molecular weight excluding hydrogens is 268 g/mol. The SMILES string of the molecule is CC(C)(C)OC(=O)NCC(=S)N1CC=CC1CS. The maximum atomic E-state index is 11.5. The smallest absolute Gasteiger partial charge is 0.408 e. The second kappa shape index (κ2) is 6.43. The van der Waals surface area contributed by atoms with Crippen LogP contribution in [0.5, 0.6) is 0 Å². The number of nitrogens with one attached hydrogen (secondary N) is 1. The molecule has 1 heterocycles. The van der Waals surface area contributed by atoms with Gasteiger partial charge in [-0.3, -0.25) is 0 Å². The summed E-state index contributed by atoms with van der Waals surface area (Å²) in [6.07, 6.45) is 3.69. The quantitative estimate of drug-likeness (QED) is 0.473. The number of hydrogen-bond donors (Lipinski definition) is 2. The van der Waals surface area contributed by atoms with E-state index < -0.39 is 11.7 Å². The third-order valence-electron chi connectivity index (χ3n) is 2.35. The number of amides is 1. The lowest BCUT2D eigenvalue weighted by atomic mass is 10.2. The van der Waals surface area contributed by atoms with E-state index in [4.69, 9.17) is 17.0 Å². The van der Waals surface area contributed by atoms with Crippen molar-refractivity contribution in [1.82, 2.24) is 10.2 Å². The average Bonchev–Trinajstić information content (AvgIpc) is 2.71. The Morgan fingerprint density at radius 2 is 2.28 bits per heavy atom. The molecule has 0 spiro atoms. The van der Waals surface area contributed by atoms with Gasteiger partial charge in [0.15, 0.2) is 0 Å². The van der Waals surface area contributed by atoms with Crippen LogP contribution < -0.4 is 5.32 Å². The van der Waals surface area contributed by atoms with E-state index in [0.29, 0.717) is 17.3 Å². The fourth-order valence-corrected chi connectivity index (χ4v) is 2.18. The predicted octanol–water partition coefficient (Wildman–Crippen LogP) is 2.01. The lowest BCUT2D eigenvalue weighted by Crippen LogP contribution is -2.43. The third-order valence-corrected chi connectivity index (χ3v) is 3.10. The van der Waals surface area contributed by atoms with Crippen LogP contribution in [-0.4, -0.2) is 46.5 Å². The fourth-order valence-electron chi connectivity index (χ4n) is 1.58. The second-order valence-electron chi connectivity index (χ2n) is 5.08. The molecule has 6 heteroatoms. The molecule has 0 radical (unpaired) electrons. The van der Waals surface area contributed by atoms with Crippen molar-refractivity contribution >= 4 is 35.9 Å². The summed E-state index contributed by atoms with van der Waals surface area (Å²) >= 11 is 9.57. The molecule has 1 rings (SSSR count). The van der Waals surface area contributed by atoms with E-state index in [1.165, 1.54) is 0 Å². The van der Waals surface area contributed by atoms with Gasteiger partial charge in [-0.05, 0) is 20.8 Å². The van der Waals surface area contributed by atoms with E-state index in [0.717, 1.165) is 6.54 Å². The number of rotatable bonds is 3. The number of nitrogens with zero attached hydrogens (tertiary/aromatic N) is 1. The Labute approximate surface area is 119 Å². The number of hydrogen-bond acceptors (Lipinski definition) is 4. The molecule has 1 aliphatic rings. The predicted molar refractivity (Wildman–Crippen MR) is 80.3 cm³/mol. The molecule has 0 aliphatic carbocycles. The summed E-state index contributed by atoms with van der Waals surface area (Å²) in [5.74, 6) is 0.711. The Morgan fingerprint density at radius 3 is 2.83 bits per heavy atom. The van der Waals surface area contributed by atoms with E-state index in [-0.39, 0.29) is 6.04 Å². The Kier molecular flexibility index (Phi) is 5.47. The van der Waals surface area contributed by atoms with Crippen molar-refractivity contribution in [3.8, 4) is 0 Å². The monoisotopic (exact) mass is 288 g/mol. The van der Waals surface area contributed by atoms with Crippen molar-refractivity contribution in [2.45, 2.75) is 32.4 Å². The lowest BCUT2D eigenvalue weighted by Gasteiger charge is -2.26. The van der Waals surface area contributed by atoms with Gasteiger partial charge in [-0.1, -0.05) is 24.4 Å². The standard InChI is InChI=1S/C12H20N2O2S2/c1-12(2,3)16-11(15)13-7-10(18)14-6-4-5-9(14)8-17/h4-5,9,17H,6-8H2,1-3H3,(H,13,15). The first-order valence-electron chi connectivity index (χ1n) is 5.87. The normalized spacial score (nSPS) is 18.9. The highest BCUT2D eigenvalue weighted by atomic mass is 32.1. The first kappa shape index (κ1) is 15.3. The van der Waals surface area contributed by atoms with Crippen LogP contribution in [0.2, 0.25) is 0 Å². The molecule has 1 atom stereocenters. The van der Waals surface area contributed by atoms with Crippen molar-refractivity contribution in [2.75, 3.05) is 18.8 Å². The summed E-state index contributed by atoms with van der Waals surface area (Å²) in [6, 6.07) is 0.223. The second-order valence-corrected chi connectivity index (χ2v) is 5.92. The largest absolute Gasteiger partial charge is 0.444 e. The highest BCUT2D eigenvalue weighted by Gasteiger charge is 2.22. The molecular formula is C12H20N2O2S2. The average molecular weight is 288 g/mol. The molecule has 0 fully saturated rings. The molecule has 1 N–H and O–H groups in total. The van der Waals surface area contributed by atoms with Gasteiger partial charge in [0.1, 0.15) is 5.60 Å². The summed E-state index contributed by atoms with van der Waals surface area (Å²) in [7, 11) is 0. The molecule has 0 saturated carbocycles. The maximum absolute atomic E-state index is 11.5. The van der Waals surface area contributed by atoms with E-state index in [1.54, 1.807) is 0 Å². The maximum Gasteiger partial charge on any atom is 0.408 e. The Balaban J connectivity index is 2.35. The van der Waals surface area contributed by atoms with Gasteiger partial charge in [0.25, 0.3) is 0 Å². The van der Waals surface area contributed by atoms with Crippen LogP contribution in [-0.2, 0) is 4.74 Å². The Hall–Kier alpha value is -0.750. The topological polar surface area (TPSA) is 41.6 Å². The van der Waals surface area contributed by atoms with Crippen LogP contribution in [0.3, 0.4) is 0 Å². The highest BCUT2D eigenvalue weighted by Crippen LogP contribution is 2.12. The van der Waals surface area contributed by atoms with Gasteiger partial charge in [-0.25, -0.2) is 4.79 Å². The summed E-state index contributed by atoms with van der Waals surface area (Å²) < 4.78 is 5.15. The minimum absolute atomic E-state index is 0.223. The van der Waals surface area contributed by atoms with Crippen LogP contribution in [0.4, 0.5) is 4.79 Å². The summed E-state index contributed by atoms with van der Waals surface area (Å²) in [4.78, 5) is 14.2. The number of ether oxygens (including phenoxy) is 1. The Morgan fingerprint density at radius 1 is 1.61 bits per heavy atom. The molecule has 0 saturated heterocycles. The number of alkyl carbamates (subject to hydrolysis) is 1. The van der Waals surface area contributed by atoms with Gasteiger partial charge in [-0.15, -0.1) is 0 Å². The zero-order valence-corrected chi connectivity index (χ0v) is 12.7. The first-order chi connectivity index (χ1) is 8.33. The molecule has 4 nitrogen and oxygen atoms in total. The van der Waals surface area contributed by atoms with Gasteiger partial charge < -0.3 is 15.0 Å². The fraction of sp³-hybridized carbons (Fsp3) is 0.667.